The van der Waals surface area contributed by atoms with E-state index in [9.17, 15) is 0 Å². The lowest BCUT2D eigenvalue weighted by molar-refractivity contribution is 0.288. The highest BCUT2D eigenvalue weighted by molar-refractivity contribution is 9.10. The van der Waals surface area contributed by atoms with Gasteiger partial charge in [-0.15, -0.1) is 23.2 Å². The molecule has 0 N–H and O–H groups in total. The predicted molar refractivity (Wildman–Crippen MR) is 90.4 cm³/mol. The molecule has 0 amide bonds. The van der Waals surface area contributed by atoms with Crippen molar-refractivity contribution < 1.29 is 4.74 Å². The molecule has 0 fully saturated rings. The minimum atomic E-state index is -0.0577. The Bertz CT molecular complexity index is 470. The zero-order valence-electron chi connectivity index (χ0n) is 12.0. The molecule has 0 saturated heterocycles. The first-order valence-corrected chi connectivity index (χ1v) is 8.92. The normalized spacial score (nSPS) is 14.5. The van der Waals surface area contributed by atoms with Gasteiger partial charge >= 0.3 is 0 Å². The van der Waals surface area contributed by atoms with E-state index in [1.165, 1.54) is 11.1 Å². The summed E-state index contributed by atoms with van der Waals surface area (Å²) >= 11 is 16.1. The zero-order valence-corrected chi connectivity index (χ0v) is 15.1. The summed E-state index contributed by atoms with van der Waals surface area (Å²) in [5.41, 5.74) is 2.46. The lowest BCUT2D eigenvalue weighted by atomic mass is 9.78. The number of hydrogen-bond acceptors (Lipinski definition) is 1. The molecule has 0 unspecified atom stereocenters. The largest absolute Gasteiger partial charge is 0.493 e. The van der Waals surface area contributed by atoms with Crippen molar-refractivity contribution in [3.8, 4) is 5.75 Å². The second kappa shape index (κ2) is 6.89. The highest BCUT2D eigenvalue weighted by Crippen LogP contribution is 2.40. The second-order valence-electron chi connectivity index (χ2n) is 6.19. The summed E-state index contributed by atoms with van der Waals surface area (Å²) in [4.78, 5) is 0. The quantitative estimate of drug-likeness (QED) is 0.598. The Morgan fingerprint density at radius 3 is 2.60 bits per heavy atom. The van der Waals surface area contributed by atoms with E-state index in [2.05, 4.69) is 41.9 Å². The number of fused-ring (bicyclic) bond motifs is 1. The zero-order chi connectivity index (χ0) is 14.8. The van der Waals surface area contributed by atoms with Gasteiger partial charge in [0.05, 0.1) is 6.61 Å². The average molecular weight is 380 g/mol. The molecule has 0 radical (unpaired) electrons. The van der Waals surface area contributed by atoms with Crippen molar-refractivity contribution in [3.63, 3.8) is 0 Å². The molecule has 112 valence electrons. The Balaban J connectivity index is 2.31. The summed E-state index contributed by atoms with van der Waals surface area (Å²) < 4.78 is 6.93. The maximum atomic E-state index is 6.27. The van der Waals surface area contributed by atoms with Crippen LogP contribution in [-0.2, 0) is 12.8 Å². The molecule has 2 rings (SSSR count). The fraction of sp³-hybridized carbons (Fsp3) is 0.625. The van der Waals surface area contributed by atoms with Gasteiger partial charge in [-0.05, 0) is 42.0 Å². The first-order valence-electron chi connectivity index (χ1n) is 7.06. The monoisotopic (exact) mass is 378 g/mol. The van der Waals surface area contributed by atoms with Crippen molar-refractivity contribution in [3.05, 3.63) is 27.7 Å². The number of hydrogen-bond donors (Lipinski definition) is 0. The molecule has 4 heteroatoms. The van der Waals surface area contributed by atoms with Crippen LogP contribution in [0, 0.1) is 11.3 Å². The molecule has 1 nitrogen and oxygen atoms in total. The van der Waals surface area contributed by atoms with Crippen LogP contribution >= 0.6 is 39.1 Å². The lowest BCUT2D eigenvalue weighted by Gasteiger charge is -2.32. The SMILES string of the molecule is CC(C)CC(CCl)(CCl)Cc1cc(Br)cc2c1OCC2. The van der Waals surface area contributed by atoms with Gasteiger partial charge < -0.3 is 4.74 Å². The van der Waals surface area contributed by atoms with Crippen molar-refractivity contribution in [2.24, 2.45) is 11.3 Å². The molecule has 0 atom stereocenters. The Morgan fingerprint density at radius 2 is 2.00 bits per heavy atom. The van der Waals surface area contributed by atoms with Crippen molar-refractivity contribution >= 4 is 39.1 Å². The Labute approximate surface area is 140 Å². The number of alkyl halides is 2. The van der Waals surface area contributed by atoms with Gasteiger partial charge in [0.1, 0.15) is 5.75 Å². The fourth-order valence-corrected chi connectivity index (χ4v) is 4.30. The molecule has 0 bridgehead atoms. The van der Waals surface area contributed by atoms with Crippen LogP contribution in [0.15, 0.2) is 16.6 Å². The highest BCUT2D eigenvalue weighted by Gasteiger charge is 2.32. The van der Waals surface area contributed by atoms with Crippen LogP contribution in [0.3, 0.4) is 0 Å². The minimum Gasteiger partial charge on any atom is -0.493 e. The Morgan fingerprint density at radius 1 is 1.30 bits per heavy atom. The van der Waals surface area contributed by atoms with Crippen LogP contribution in [0.5, 0.6) is 5.75 Å². The van der Waals surface area contributed by atoms with Gasteiger partial charge in [-0.25, -0.2) is 0 Å². The van der Waals surface area contributed by atoms with E-state index in [4.69, 9.17) is 27.9 Å². The van der Waals surface area contributed by atoms with Crippen LogP contribution in [-0.4, -0.2) is 18.4 Å². The molecule has 0 aromatic heterocycles. The van der Waals surface area contributed by atoms with Crippen molar-refractivity contribution in [2.75, 3.05) is 18.4 Å². The number of ether oxygens (including phenoxy) is 1. The van der Waals surface area contributed by atoms with Gasteiger partial charge in [-0.2, -0.15) is 0 Å². The molecule has 1 aliphatic heterocycles. The molecule has 0 spiro atoms. The molecular weight excluding hydrogens is 359 g/mol. The van der Waals surface area contributed by atoms with E-state index in [1.807, 2.05) is 0 Å². The third-order valence-electron chi connectivity index (χ3n) is 3.80. The number of benzene rings is 1. The van der Waals surface area contributed by atoms with Crippen LogP contribution in [0.25, 0.3) is 0 Å². The van der Waals surface area contributed by atoms with E-state index in [1.54, 1.807) is 0 Å². The second-order valence-corrected chi connectivity index (χ2v) is 7.64. The molecule has 1 aromatic rings. The average Bonchev–Trinajstić information content (AvgIpc) is 2.85. The molecule has 20 heavy (non-hydrogen) atoms. The molecule has 0 aliphatic carbocycles. The molecule has 1 aromatic carbocycles. The lowest BCUT2D eigenvalue weighted by Crippen LogP contribution is -2.30. The molecule has 1 heterocycles. The molecule has 1 aliphatic rings. The third kappa shape index (κ3) is 3.64. The predicted octanol–water partition coefficient (Wildman–Crippen LogP) is 5.44. The van der Waals surface area contributed by atoms with E-state index in [0.29, 0.717) is 17.7 Å². The third-order valence-corrected chi connectivity index (χ3v) is 5.39. The topological polar surface area (TPSA) is 9.23 Å². The summed E-state index contributed by atoms with van der Waals surface area (Å²) in [6.07, 6.45) is 2.89. The first-order chi connectivity index (χ1) is 9.49. The van der Waals surface area contributed by atoms with E-state index in [-0.39, 0.29) is 5.41 Å². The van der Waals surface area contributed by atoms with E-state index >= 15 is 0 Å². The summed E-state index contributed by atoms with van der Waals surface area (Å²) in [7, 11) is 0. The van der Waals surface area contributed by atoms with Crippen LogP contribution < -0.4 is 4.74 Å². The molecule has 0 saturated carbocycles. The fourth-order valence-electron chi connectivity index (χ4n) is 3.06. The van der Waals surface area contributed by atoms with Crippen molar-refractivity contribution in [1.29, 1.82) is 0 Å². The molecular formula is C16H21BrCl2O. The van der Waals surface area contributed by atoms with Crippen LogP contribution in [0.4, 0.5) is 0 Å². The van der Waals surface area contributed by atoms with Crippen LogP contribution in [0.1, 0.15) is 31.4 Å². The number of rotatable bonds is 6. The maximum absolute atomic E-state index is 6.27. The maximum Gasteiger partial charge on any atom is 0.125 e. The van der Waals surface area contributed by atoms with Crippen molar-refractivity contribution in [2.45, 2.75) is 33.1 Å². The van der Waals surface area contributed by atoms with Crippen molar-refractivity contribution in [1.82, 2.24) is 0 Å². The summed E-state index contributed by atoms with van der Waals surface area (Å²) in [5.74, 6) is 2.79. The summed E-state index contributed by atoms with van der Waals surface area (Å²) in [6.45, 7) is 5.21. The van der Waals surface area contributed by atoms with Gasteiger partial charge in [-0.3, -0.25) is 0 Å². The van der Waals surface area contributed by atoms with Gasteiger partial charge in [-0.1, -0.05) is 29.8 Å². The summed E-state index contributed by atoms with van der Waals surface area (Å²) in [5, 5.41) is 0. The van der Waals surface area contributed by atoms with E-state index in [0.717, 1.165) is 36.1 Å². The Hall–Kier alpha value is 0.0800. The van der Waals surface area contributed by atoms with Gasteiger partial charge in [0.15, 0.2) is 0 Å². The number of halogens is 3. The standard InChI is InChI=1S/C16H21BrCl2O/c1-11(2)7-16(9-18,10-19)8-13-6-14(17)5-12-3-4-20-15(12)13/h5-6,11H,3-4,7-10H2,1-2H3. The first kappa shape index (κ1) is 16.5. The Kier molecular flexibility index (Phi) is 5.67. The summed E-state index contributed by atoms with van der Waals surface area (Å²) in [6, 6.07) is 4.30. The smallest absolute Gasteiger partial charge is 0.125 e. The van der Waals surface area contributed by atoms with E-state index < -0.39 is 0 Å². The van der Waals surface area contributed by atoms with Gasteiger partial charge in [0, 0.05) is 28.1 Å². The highest BCUT2D eigenvalue weighted by atomic mass is 79.9. The van der Waals surface area contributed by atoms with Gasteiger partial charge in [0.2, 0.25) is 0 Å². The van der Waals surface area contributed by atoms with Gasteiger partial charge in [0.25, 0.3) is 0 Å². The minimum absolute atomic E-state index is 0.0577. The van der Waals surface area contributed by atoms with Crippen LogP contribution in [0.2, 0.25) is 0 Å².